The van der Waals surface area contributed by atoms with Gasteiger partial charge in [0, 0.05) is 32.4 Å². The maximum atomic E-state index is 15.1. The summed E-state index contributed by atoms with van der Waals surface area (Å²) in [6.07, 6.45) is 0.792. The molecule has 0 N–H and O–H groups in total. The van der Waals surface area contributed by atoms with Crippen LogP contribution in [0.15, 0.2) is 53.6 Å². The van der Waals surface area contributed by atoms with Gasteiger partial charge in [-0.25, -0.2) is 22.3 Å². The van der Waals surface area contributed by atoms with Crippen LogP contribution in [0.25, 0.3) is 0 Å². The highest BCUT2D eigenvalue weighted by molar-refractivity contribution is 7.89. The summed E-state index contributed by atoms with van der Waals surface area (Å²) in [4.78, 5) is 15.9. The number of ether oxygens (including phenoxy) is 1. The summed E-state index contributed by atoms with van der Waals surface area (Å²) in [5.74, 6) is -0.481. The van der Waals surface area contributed by atoms with Gasteiger partial charge in [-0.2, -0.15) is 4.31 Å². The number of piperazine rings is 1. The van der Waals surface area contributed by atoms with Crippen molar-refractivity contribution in [3.63, 3.8) is 0 Å². The van der Waals surface area contributed by atoms with Crippen LogP contribution in [0.4, 0.5) is 20.6 Å². The molecule has 0 radical (unpaired) electrons. The maximum Gasteiger partial charge on any atom is 0.414 e. The van der Waals surface area contributed by atoms with Crippen molar-refractivity contribution in [1.29, 1.82) is 0 Å². The number of aromatic nitrogens is 3. The monoisotopic (exact) mass is 514 g/mol. The normalized spacial score (nSPS) is 19.1. The first-order valence-electron chi connectivity index (χ1n) is 11.7. The Morgan fingerprint density at radius 2 is 1.78 bits per heavy atom. The molecular formula is C24H27FN6O4S. The molecule has 12 heteroatoms. The van der Waals surface area contributed by atoms with E-state index in [0.717, 1.165) is 11.3 Å². The molecule has 0 saturated carbocycles. The Morgan fingerprint density at radius 1 is 1.06 bits per heavy atom. The van der Waals surface area contributed by atoms with Crippen LogP contribution in [0, 0.1) is 19.7 Å². The fourth-order valence-electron chi connectivity index (χ4n) is 4.47. The van der Waals surface area contributed by atoms with Crippen LogP contribution < -0.4 is 9.80 Å². The highest BCUT2D eigenvalue weighted by atomic mass is 32.2. The maximum absolute atomic E-state index is 15.1. The van der Waals surface area contributed by atoms with Crippen molar-refractivity contribution < 1.29 is 22.3 Å². The first-order chi connectivity index (χ1) is 17.2. The molecule has 1 atom stereocenters. The van der Waals surface area contributed by atoms with Crippen LogP contribution in [0.3, 0.4) is 0 Å². The quantitative estimate of drug-likeness (QED) is 0.498. The Kier molecular flexibility index (Phi) is 6.39. The highest BCUT2D eigenvalue weighted by Gasteiger charge is 2.34. The van der Waals surface area contributed by atoms with Gasteiger partial charge in [0.1, 0.15) is 11.9 Å². The lowest BCUT2D eigenvalue weighted by Crippen LogP contribution is -2.48. The van der Waals surface area contributed by atoms with Gasteiger partial charge in [-0.3, -0.25) is 4.90 Å². The van der Waals surface area contributed by atoms with E-state index in [2.05, 4.69) is 10.3 Å². The SMILES string of the molecule is Cc1ccc(S(=O)(=O)N2CCN(c3ccc(N4C[C@H](Cn5cc(C)nn5)OC4=O)cc3F)CC2)cc1. The van der Waals surface area contributed by atoms with Crippen LogP contribution in [-0.2, 0) is 21.3 Å². The van der Waals surface area contributed by atoms with E-state index in [1.807, 2.05) is 18.7 Å². The first kappa shape index (κ1) is 24.2. The van der Waals surface area contributed by atoms with Crippen LogP contribution >= 0.6 is 0 Å². The first-order valence-corrected chi connectivity index (χ1v) is 13.1. The summed E-state index contributed by atoms with van der Waals surface area (Å²) < 4.78 is 49.5. The van der Waals surface area contributed by atoms with Gasteiger partial charge in [-0.15, -0.1) is 5.10 Å². The lowest BCUT2D eigenvalue weighted by Gasteiger charge is -2.35. The number of sulfonamides is 1. The van der Waals surface area contributed by atoms with Gasteiger partial charge in [0.25, 0.3) is 0 Å². The molecule has 10 nitrogen and oxygen atoms in total. The number of hydrogen-bond acceptors (Lipinski definition) is 7. The average molecular weight is 515 g/mol. The van der Waals surface area contributed by atoms with Gasteiger partial charge in [-0.05, 0) is 44.2 Å². The van der Waals surface area contributed by atoms with E-state index in [1.165, 1.54) is 15.3 Å². The Balaban J connectivity index is 1.23. The van der Waals surface area contributed by atoms with Crippen molar-refractivity contribution in [2.45, 2.75) is 31.4 Å². The van der Waals surface area contributed by atoms with Gasteiger partial charge in [0.15, 0.2) is 0 Å². The molecule has 2 aliphatic heterocycles. The van der Waals surface area contributed by atoms with E-state index in [-0.39, 0.29) is 24.5 Å². The third-order valence-electron chi connectivity index (χ3n) is 6.40. The zero-order chi connectivity index (χ0) is 25.4. The van der Waals surface area contributed by atoms with Crippen molar-refractivity contribution in [3.8, 4) is 0 Å². The third kappa shape index (κ3) is 4.78. The number of carbonyl (C=O) groups is 1. The zero-order valence-corrected chi connectivity index (χ0v) is 20.9. The summed E-state index contributed by atoms with van der Waals surface area (Å²) in [7, 11) is -3.60. The van der Waals surface area contributed by atoms with Crippen molar-refractivity contribution >= 4 is 27.5 Å². The minimum atomic E-state index is -3.60. The predicted molar refractivity (Wildman–Crippen MR) is 131 cm³/mol. The fourth-order valence-corrected chi connectivity index (χ4v) is 5.89. The number of cyclic esters (lactones) is 1. The molecule has 1 amide bonds. The molecule has 2 aliphatic rings. The zero-order valence-electron chi connectivity index (χ0n) is 20.0. The van der Waals surface area contributed by atoms with Crippen molar-refractivity contribution in [2.24, 2.45) is 0 Å². The Labute approximate surface area is 208 Å². The number of anilines is 2. The molecule has 3 aromatic rings. The lowest BCUT2D eigenvalue weighted by molar-refractivity contribution is 0.129. The summed E-state index contributed by atoms with van der Waals surface area (Å²) in [5.41, 5.74) is 2.52. The van der Waals surface area contributed by atoms with Crippen LogP contribution in [0.1, 0.15) is 11.3 Å². The molecule has 0 spiro atoms. The number of rotatable bonds is 6. The Morgan fingerprint density at radius 3 is 2.42 bits per heavy atom. The van der Waals surface area contributed by atoms with Crippen molar-refractivity contribution in [3.05, 3.63) is 65.7 Å². The average Bonchev–Trinajstić information content (AvgIpc) is 3.44. The van der Waals surface area contributed by atoms with Crippen LogP contribution in [0.2, 0.25) is 0 Å². The number of carbonyl (C=O) groups excluding carboxylic acids is 1. The number of nitrogens with zero attached hydrogens (tertiary/aromatic N) is 6. The second-order valence-corrected chi connectivity index (χ2v) is 11.0. The van der Waals surface area contributed by atoms with Crippen LogP contribution in [-0.4, -0.2) is 72.6 Å². The summed E-state index contributed by atoms with van der Waals surface area (Å²) in [6.45, 7) is 5.56. The number of benzene rings is 2. The highest BCUT2D eigenvalue weighted by Crippen LogP contribution is 2.29. The molecule has 3 heterocycles. The number of amides is 1. The lowest BCUT2D eigenvalue weighted by atomic mass is 10.2. The molecule has 2 fully saturated rings. The van der Waals surface area contributed by atoms with E-state index in [9.17, 15) is 13.2 Å². The molecule has 2 saturated heterocycles. The van der Waals surface area contributed by atoms with Gasteiger partial charge in [-0.1, -0.05) is 22.9 Å². The van der Waals surface area contributed by atoms with Gasteiger partial charge in [0.05, 0.1) is 35.1 Å². The second kappa shape index (κ2) is 9.51. The largest absolute Gasteiger partial charge is 0.442 e. The summed E-state index contributed by atoms with van der Waals surface area (Å²) in [6, 6.07) is 11.4. The molecule has 2 aromatic carbocycles. The molecule has 1 aromatic heterocycles. The molecule has 0 unspecified atom stereocenters. The second-order valence-electron chi connectivity index (χ2n) is 9.04. The van der Waals surface area contributed by atoms with E-state index in [0.29, 0.717) is 31.0 Å². The van der Waals surface area contributed by atoms with Gasteiger partial charge >= 0.3 is 6.09 Å². The molecular weight excluding hydrogens is 487 g/mol. The van der Waals surface area contributed by atoms with Gasteiger partial charge in [0.2, 0.25) is 10.0 Å². The minimum absolute atomic E-state index is 0.249. The predicted octanol–water partition coefficient (Wildman–Crippen LogP) is 2.57. The Hall–Kier alpha value is -3.51. The van der Waals surface area contributed by atoms with Crippen molar-refractivity contribution in [1.82, 2.24) is 19.3 Å². The topological polar surface area (TPSA) is 101 Å². The Bertz CT molecular complexity index is 1370. The molecule has 0 aliphatic carbocycles. The smallest absolute Gasteiger partial charge is 0.414 e. The summed E-state index contributed by atoms with van der Waals surface area (Å²) >= 11 is 0. The number of hydrogen-bond donors (Lipinski definition) is 0. The molecule has 0 bridgehead atoms. The molecule has 36 heavy (non-hydrogen) atoms. The number of aryl methyl sites for hydroxylation is 2. The van der Waals surface area contributed by atoms with Crippen LogP contribution in [0.5, 0.6) is 0 Å². The molecule has 190 valence electrons. The fraction of sp³-hybridized carbons (Fsp3) is 0.375. The van der Waals surface area contributed by atoms with E-state index < -0.39 is 28.0 Å². The third-order valence-corrected chi connectivity index (χ3v) is 8.31. The van der Waals surface area contributed by atoms with Crippen molar-refractivity contribution in [2.75, 3.05) is 42.5 Å². The van der Waals surface area contributed by atoms with E-state index >= 15 is 4.39 Å². The summed E-state index contributed by atoms with van der Waals surface area (Å²) in [5, 5.41) is 7.90. The standard InChI is InChI=1S/C24H27FN6O4S/c1-17-3-6-21(7-4-17)36(33,34)30-11-9-28(10-12-30)23-8-5-19(13-22(23)25)31-16-20(35-24(31)32)15-29-14-18(2)26-27-29/h3-8,13-14,20H,9-12,15-16H2,1-2H3/t20-/m0/s1. The number of halogens is 1. The van der Waals surface area contributed by atoms with E-state index in [1.54, 1.807) is 47.3 Å². The minimum Gasteiger partial charge on any atom is -0.442 e. The molecule has 5 rings (SSSR count). The van der Waals surface area contributed by atoms with Gasteiger partial charge < -0.3 is 9.64 Å². The van der Waals surface area contributed by atoms with E-state index in [4.69, 9.17) is 4.74 Å².